The van der Waals surface area contributed by atoms with Gasteiger partial charge in [0.1, 0.15) is 11.8 Å². The highest BCUT2D eigenvalue weighted by Crippen LogP contribution is 2.30. The summed E-state index contributed by atoms with van der Waals surface area (Å²) in [5, 5.41) is 16.9. The van der Waals surface area contributed by atoms with E-state index in [-0.39, 0.29) is 60.8 Å². The Morgan fingerprint density at radius 2 is 1.51 bits per heavy atom. The number of rotatable bonds is 21. The highest BCUT2D eigenvalue weighted by molar-refractivity contribution is 5.90. The number of nitrogens with two attached hydrogens (primary N) is 1. The van der Waals surface area contributed by atoms with Crippen LogP contribution >= 0.6 is 0 Å². The molecule has 0 spiro atoms. The third kappa shape index (κ3) is 12.3. The molecule has 4 amide bonds. The third-order valence-electron chi connectivity index (χ3n) is 11.4. The van der Waals surface area contributed by atoms with Crippen LogP contribution in [0, 0.1) is 23.7 Å². The summed E-state index contributed by atoms with van der Waals surface area (Å²) in [7, 11) is 10.0. The summed E-state index contributed by atoms with van der Waals surface area (Å²) in [6.07, 6.45) is -1.39. The second-order valence-corrected chi connectivity index (χ2v) is 16.3. The molecule has 5 N–H and O–H groups in total. The summed E-state index contributed by atoms with van der Waals surface area (Å²) < 4.78 is 17.1. The van der Waals surface area contributed by atoms with E-state index >= 15 is 0 Å². The molecule has 55 heavy (non-hydrogen) atoms. The Balaban J connectivity index is 2.29. The Bertz CT molecular complexity index is 1370. The SMILES string of the molecule is CCC(C)C([C@@H](CC(=O)N1C[C@@H](O)C[C@H]1[C@H](OC)[C@@H](C)C(=O)N[C@H](C)C(N)c1ccc(OC)cc1)OC)N(C)C(=O)[C@@H](NC(=O)C(C(C)C)N(C)C)C(C)C. The van der Waals surface area contributed by atoms with Gasteiger partial charge in [0.2, 0.25) is 23.6 Å². The first kappa shape index (κ1) is 47.9. The summed E-state index contributed by atoms with van der Waals surface area (Å²) in [4.78, 5) is 60.6. The van der Waals surface area contributed by atoms with Crippen LogP contribution in [0.25, 0.3) is 0 Å². The summed E-state index contributed by atoms with van der Waals surface area (Å²) in [6, 6.07) is 4.15. The highest BCUT2D eigenvalue weighted by Gasteiger charge is 2.45. The van der Waals surface area contributed by atoms with E-state index in [1.807, 2.05) is 91.7 Å². The Kier molecular flexibility index (Phi) is 19.0. The number of aliphatic hydroxyl groups is 1. The van der Waals surface area contributed by atoms with Crippen molar-refractivity contribution in [3.05, 3.63) is 29.8 Å². The number of hydrogen-bond acceptors (Lipinski definition) is 10. The molecule has 0 saturated carbocycles. The zero-order chi connectivity index (χ0) is 41.9. The van der Waals surface area contributed by atoms with Crippen LogP contribution in [0.5, 0.6) is 5.75 Å². The molecule has 1 aliphatic rings. The molecule has 1 heterocycles. The standard InChI is InChI=1S/C41H72N6O8/c1-15-25(6)37(46(11)41(52)35(23(2)3)44-40(51)36(24(4)5)45(9)10)32(54-13)21-33(49)47-22-29(48)20-31(47)38(55-14)26(7)39(50)43-27(8)34(42)28-16-18-30(53-12)19-17-28/h16-19,23-27,29,31-32,34-38,48H,15,20-22,42H2,1-14H3,(H,43,50)(H,44,51)/t25?,26-,27-,29+,31+,32-,34?,35+,36?,37?,38-/m1/s1. The molecule has 1 saturated heterocycles. The van der Waals surface area contributed by atoms with Crippen LogP contribution in [0.3, 0.4) is 0 Å². The number of likely N-dealkylation sites (tertiary alicyclic amines) is 1. The van der Waals surface area contributed by atoms with Gasteiger partial charge < -0.3 is 45.5 Å². The third-order valence-corrected chi connectivity index (χ3v) is 11.4. The summed E-state index contributed by atoms with van der Waals surface area (Å²) in [5.74, 6) is -1.29. The average Bonchev–Trinajstić information content (AvgIpc) is 3.53. The molecule has 4 unspecified atom stereocenters. The molecular weight excluding hydrogens is 704 g/mol. The van der Waals surface area contributed by atoms with E-state index in [2.05, 4.69) is 10.6 Å². The minimum atomic E-state index is -0.813. The zero-order valence-corrected chi connectivity index (χ0v) is 35.9. The predicted octanol–water partition coefficient (Wildman–Crippen LogP) is 2.82. The van der Waals surface area contributed by atoms with Gasteiger partial charge in [-0.3, -0.25) is 24.1 Å². The zero-order valence-electron chi connectivity index (χ0n) is 35.9. The summed E-state index contributed by atoms with van der Waals surface area (Å²) in [6.45, 7) is 15.4. The van der Waals surface area contributed by atoms with Crippen LogP contribution in [-0.4, -0.2) is 141 Å². The number of likely N-dealkylation sites (N-methyl/N-ethyl adjacent to an activating group) is 2. The second kappa shape index (κ2) is 21.9. The number of carbonyl (C=O) groups excluding carboxylic acids is 4. The molecule has 1 aromatic carbocycles. The van der Waals surface area contributed by atoms with Gasteiger partial charge >= 0.3 is 0 Å². The minimum absolute atomic E-state index is 0.0300. The van der Waals surface area contributed by atoms with E-state index in [1.165, 1.54) is 14.2 Å². The number of aliphatic hydroxyl groups excluding tert-OH is 1. The van der Waals surface area contributed by atoms with E-state index in [0.29, 0.717) is 12.2 Å². The normalized spacial score (nSPS) is 21.0. The maximum atomic E-state index is 14.2. The predicted molar refractivity (Wildman–Crippen MR) is 214 cm³/mol. The maximum absolute atomic E-state index is 14.2. The quantitative estimate of drug-likeness (QED) is 0.145. The van der Waals surface area contributed by atoms with Crippen LogP contribution in [0.4, 0.5) is 0 Å². The van der Waals surface area contributed by atoms with Gasteiger partial charge in [0.25, 0.3) is 0 Å². The molecule has 14 nitrogen and oxygen atoms in total. The lowest BCUT2D eigenvalue weighted by Gasteiger charge is -2.41. The van der Waals surface area contributed by atoms with Crippen molar-refractivity contribution in [2.45, 2.75) is 129 Å². The van der Waals surface area contributed by atoms with Crippen molar-refractivity contribution in [2.75, 3.05) is 49.0 Å². The molecule has 1 aliphatic heterocycles. The Hall–Kier alpha value is -3.30. The fourth-order valence-corrected chi connectivity index (χ4v) is 7.97. The van der Waals surface area contributed by atoms with E-state index in [4.69, 9.17) is 19.9 Å². The first-order valence-corrected chi connectivity index (χ1v) is 19.7. The minimum Gasteiger partial charge on any atom is -0.497 e. The van der Waals surface area contributed by atoms with Gasteiger partial charge in [-0.1, -0.05) is 67.0 Å². The highest BCUT2D eigenvalue weighted by atomic mass is 16.5. The lowest BCUT2D eigenvalue weighted by atomic mass is 9.89. The monoisotopic (exact) mass is 777 g/mol. The lowest BCUT2D eigenvalue weighted by molar-refractivity contribution is -0.148. The fourth-order valence-electron chi connectivity index (χ4n) is 7.97. The van der Waals surface area contributed by atoms with Crippen molar-refractivity contribution in [3.63, 3.8) is 0 Å². The smallest absolute Gasteiger partial charge is 0.245 e. The Labute approximate surface area is 330 Å². The molecule has 2 rings (SSSR count). The Morgan fingerprint density at radius 3 is 1.98 bits per heavy atom. The number of nitrogens with zero attached hydrogens (tertiary/aromatic N) is 3. The summed E-state index contributed by atoms with van der Waals surface area (Å²) in [5.41, 5.74) is 7.34. The van der Waals surface area contributed by atoms with Gasteiger partial charge in [-0.2, -0.15) is 0 Å². The lowest BCUT2D eigenvalue weighted by Crippen LogP contribution is -2.59. The van der Waals surface area contributed by atoms with Gasteiger partial charge in [0.05, 0.1) is 55.9 Å². The fraction of sp³-hybridized carbons (Fsp3) is 0.756. The van der Waals surface area contributed by atoms with E-state index < -0.39 is 60.5 Å². The molecule has 0 aliphatic carbocycles. The number of hydrogen-bond donors (Lipinski definition) is 4. The second-order valence-electron chi connectivity index (χ2n) is 16.3. The first-order chi connectivity index (χ1) is 25.7. The van der Waals surface area contributed by atoms with Crippen molar-refractivity contribution >= 4 is 23.6 Å². The van der Waals surface area contributed by atoms with Crippen molar-refractivity contribution < 1.29 is 38.5 Å². The number of nitrogens with one attached hydrogen (secondary N) is 2. The van der Waals surface area contributed by atoms with Crippen LogP contribution in [-0.2, 0) is 28.7 Å². The number of benzene rings is 1. The molecule has 314 valence electrons. The molecule has 0 aromatic heterocycles. The molecular formula is C41H72N6O8. The average molecular weight is 777 g/mol. The van der Waals surface area contributed by atoms with Crippen LogP contribution in [0.1, 0.15) is 86.3 Å². The summed E-state index contributed by atoms with van der Waals surface area (Å²) >= 11 is 0. The van der Waals surface area contributed by atoms with Crippen LogP contribution in [0.15, 0.2) is 24.3 Å². The van der Waals surface area contributed by atoms with Crippen molar-refractivity contribution in [1.82, 2.24) is 25.3 Å². The van der Waals surface area contributed by atoms with Gasteiger partial charge in [0.15, 0.2) is 0 Å². The van der Waals surface area contributed by atoms with Gasteiger partial charge in [0, 0.05) is 39.9 Å². The number of β-amino-alcohol motifs (C(OH)–C–C–N with tert-alkyl or cyclic N) is 1. The number of ether oxygens (including phenoxy) is 3. The van der Waals surface area contributed by atoms with E-state index in [0.717, 1.165) is 5.56 Å². The topological polar surface area (TPSA) is 176 Å². The number of methoxy groups -OCH3 is 3. The van der Waals surface area contributed by atoms with Gasteiger partial charge in [-0.25, -0.2) is 0 Å². The van der Waals surface area contributed by atoms with Crippen molar-refractivity contribution in [3.8, 4) is 5.75 Å². The van der Waals surface area contributed by atoms with Crippen LogP contribution < -0.4 is 21.1 Å². The van der Waals surface area contributed by atoms with E-state index in [1.54, 1.807) is 30.9 Å². The largest absolute Gasteiger partial charge is 0.497 e. The maximum Gasteiger partial charge on any atom is 0.245 e. The number of carbonyl (C=O) groups is 4. The molecule has 11 atom stereocenters. The van der Waals surface area contributed by atoms with E-state index in [9.17, 15) is 24.3 Å². The number of amides is 4. The van der Waals surface area contributed by atoms with Gasteiger partial charge in [-0.05, 0) is 62.9 Å². The molecule has 1 fully saturated rings. The molecule has 1 aromatic rings. The van der Waals surface area contributed by atoms with Gasteiger partial charge in [-0.15, -0.1) is 0 Å². The Morgan fingerprint density at radius 1 is 0.909 bits per heavy atom. The molecule has 0 bridgehead atoms. The molecule has 14 heteroatoms. The van der Waals surface area contributed by atoms with Crippen molar-refractivity contribution in [2.24, 2.45) is 29.4 Å². The van der Waals surface area contributed by atoms with Crippen LogP contribution in [0.2, 0.25) is 0 Å². The first-order valence-electron chi connectivity index (χ1n) is 19.7. The van der Waals surface area contributed by atoms with Crippen molar-refractivity contribution in [1.29, 1.82) is 0 Å². The molecule has 0 radical (unpaired) electrons.